The van der Waals surface area contributed by atoms with Gasteiger partial charge in [-0.05, 0) is 34.0 Å². The predicted molar refractivity (Wildman–Crippen MR) is 73.8 cm³/mol. The molecule has 0 spiro atoms. The number of benzene rings is 1. The summed E-state index contributed by atoms with van der Waals surface area (Å²) >= 11 is 11.7. The summed E-state index contributed by atoms with van der Waals surface area (Å²) in [7, 11) is 0. The Morgan fingerprint density at radius 1 is 1.21 bits per heavy atom. The number of nitrogens with zero attached hydrogens (tertiary/aromatic N) is 2. The van der Waals surface area contributed by atoms with Crippen molar-refractivity contribution in [2.24, 2.45) is 0 Å². The van der Waals surface area contributed by atoms with Crippen LogP contribution < -0.4 is 9.58 Å². The monoisotopic (exact) mass is 298 g/mol. The van der Waals surface area contributed by atoms with Crippen molar-refractivity contribution in [3.8, 4) is 11.6 Å². The van der Waals surface area contributed by atoms with Gasteiger partial charge in [-0.1, -0.05) is 37.6 Å². The second kappa shape index (κ2) is 5.63. The molecule has 6 heteroatoms. The molecule has 0 atom stereocenters. The zero-order valence-electron chi connectivity index (χ0n) is 10.4. The lowest BCUT2D eigenvalue weighted by molar-refractivity contribution is -0.667. The van der Waals surface area contributed by atoms with Crippen molar-refractivity contribution in [3.63, 3.8) is 0 Å². The first-order chi connectivity index (χ1) is 8.99. The Morgan fingerprint density at radius 3 is 2.58 bits per heavy atom. The summed E-state index contributed by atoms with van der Waals surface area (Å²) in [5.41, 5.74) is 0.946. The molecule has 0 amide bonds. The molecule has 2 rings (SSSR count). The van der Waals surface area contributed by atoms with Gasteiger partial charge in [-0.2, -0.15) is 0 Å². The lowest BCUT2D eigenvalue weighted by atomic mass is 10.0. The highest BCUT2D eigenvalue weighted by molar-refractivity contribution is 6.32. The highest BCUT2D eigenvalue weighted by Gasteiger charge is 2.15. The molecule has 2 aromatic rings. The average molecular weight is 299 g/mol. The molecule has 0 unspecified atom stereocenters. The first-order valence-electron chi connectivity index (χ1n) is 5.71. The standard InChI is InChI=1S/C13H12Cl2N2O2/c1-8(2)9-4-3-5-10(14)13(9)19-12-7-6-11(15)17(18)16-12/h3-8H,1-2H3. The third kappa shape index (κ3) is 3.08. The van der Waals surface area contributed by atoms with Gasteiger partial charge in [0.1, 0.15) is 0 Å². The first-order valence-corrected chi connectivity index (χ1v) is 6.47. The fourth-order valence-corrected chi connectivity index (χ4v) is 1.94. The van der Waals surface area contributed by atoms with Crippen molar-refractivity contribution in [3.05, 3.63) is 51.3 Å². The molecular weight excluding hydrogens is 287 g/mol. The molecule has 4 nitrogen and oxygen atoms in total. The van der Waals surface area contributed by atoms with Gasteiger partial charge < -0.3 is 9.94 Å². The summed E-state index contributed by atoms with van der Waals surface area (Å²) in [6.07, 6.45) is 0. The van der Waals surface area contributed by atoms with E-state index in [2.05, 4.69) is 5.10 Å². The summed E-state index contributed by atoms with van der Waals surface area (Å²) in [5, 5.41) is 15.4. The van der Waals surface area contributed by atoms with Crippen LogP contribution in [0, 0.1) is 5.21 Å². The minimum Gasteiger partial charge on any atom is -0.593 e. The Labute approximate surface area is 121 Å². The quantitative estimate of drug-likeness (QED) is 0.637. The summed E-state index contributed by atoms with van der Waals surface area (Å²) in [4.78, 5) is 0.294. The lowest BCUT2D eigenvalue weighted by Gasteiger charge is -2.13. The third-order valence-corrected chi connectivity index (χ3v) is 3.13. The molecule has 0 saturated heterocycles. The van der Waals surface area contributed by atoms with E-state index in [0.717, 1.165) is 5.56 Å². The van der Waals surface area contributed by atoms with Crippen LogP contribution in [0.5, 0.6) is 11.6 Å². The molecule has 100 valence electrons. The largest absolute Gasteiger partial charge is 0.593 e. The molecule has 0 fully saturated rings. The molecule has 1 heterocycles. The van der Waals surface area contributed by atoms with E-state index >= 15 is 0 Å². The summed E-state index contributed by atoms with van der Waals surface area (Å²) < 4.78 is 5.61. The number of hydrogen-bond acceptors (Lipinski definition) is 3. The Balaban J connectivity index is 2.40. The Bertz CT molecular complexity index is 603. The Hall–Kier alpha value is -1.52. The van der Waals surface area contributed by atoms with Gasteiger partial charge in [-0.15, -0.1) is 0 Å². The smallest absolute Gasteiger partial charge is 0.313 e. The number of aromatic nitrogens is 2. The fraction of sp³-hybridized carbons (Fsp3) is 0.231. The number of halogens is 2. The van der Waals surface area contributed by atoms with Gasteiger partial charge >= 0.3 is 5.15 Å². The van der Waals surface area contributed by atoms with Gasteiger partial charge in [0.25, 0.3) is 5.88 Å². The molecule has 0 N–H and O–H groups in total. The highest BCUT2D eigenvalue weighted by Crippen LogP contribution is 2.35. The maximum atomic E-state index is 11.3. The van der Waals surface area contributed by atoms with E-state index in [1.54, 1.807) is 6.07 Å². The van der Waals surface area contributed by atoms with Crippen LogP contribution >= 0.6 is 23.2 Å². The minimum atomic E-state index is -0.0180. The number of para-hydroxylation sites is 1. The minimum absolute atomic E-state index is 0.0180. The zero-order valence-corrected chi connectivity index (χ0v) is 11.9. The molecule has 0 aliphatic rings. The van der Waals surface area contributed by atoms with Crippen molar-refractivity contribution in [1.29, 1.82) is 0 Å². The highest BCUT2D eigenvalue weighted by atomic mass is 35.5. The second-order valence-electron chi connectivity index (χ2n) is 4.28. The van der Waals surface area contributed by atoms with E-state index in [9.17, 15) is 5.21 Å². The number of rotatable bonds is 3. The lowest BCUT2D eigenvalue weighted by Crippen LogP contribution is -2.32. The van der Waals surface area contributed by atoms with Crippen molar-refractivity contribution in [2.75, 3.05) is 0 Å². The zero-order chi connectivity index (χ0) is 14.0. The molecule has 0 bridgehead atoms. The molecule has 0 aliphatic heterocycles. The summed E-state index contributed by atoms with van der Waals surface area (Å²) in [6.45, 7) is 4.06. The van der Waals surface area contributed by atoms with Crippen molar-refractivity contribution >= 4 is 23.2 Å². The molecular formula is C13H12Cl2N2O2. The van der Waals surface area contributed by atoms with E-state index in [1.807, 2.05) is 26.0 Å². The van der Waals surface area contributed by atoms with Gasteiger partial charge in [-0.3, -0.25) is 0 Å². The molecule has 0 aliphatic carbocycles. The first kappa shape index (κ1) is 13.9. The Kier molecular flexibility index (Phi) is 4.12. The molecule has 0 radical (unpaired) electrons. The molecule has 1 aromatic carbocycles. The van der Waals surface area contributed by atoms with Crippen LogP contribution in [0.15, 0.2) is 30.3 Å². The van der Waals surface area contributed by atoms with Gasteiger partial charge in [0.05, 0.1) is 10.1 Å². The molecule has 19 heavy (non-hydrogen) atoms. The van der Waals surface area contributed by atoms with Crippen molar-refractivity contribution in [1.82, 2.24) is 5.10 Å². The topological polar surface area (TPSA) is 49.1 Å². The van der Waals surface area contributed by atoms with E-state index in [-0.39, 0.29) is 17.0 Å². The fourth-order valence-electron chi connectivity index (χ4n) is 1.62. The van der Waals surface area contributed by atoms with Crippen LogP contribution in [-0.2, 0) is 0 Å². The second-order valence-corrected chi connectivity index (χ2v) is 5.08. The van der Waals surface area contributed by atoms with Crippen LogP contribution in [0.4, 0.5) is 0 Å². The van der Waals surface area contributed by atoms with Crippen LogP contribution in [-0.4, -0.2) is 5.10 Å². The average Bonchev–Trinajstić information content (AvgIpc) is 2.36. The van der Waals surface area contributed by atoms with Gasteiger partial charge in [0, 0.05) is 12.1 Å². The predicted octanol–water partition coefficient (Wildman–Crippen LogP) is 3.94. The van der Waals surface area contributed by atoms with Crippen LogP contribution in [0.2, 0.25) is 10.2 Å². The summed E-state index contributed by atoms with van der Waals surface area (Å²) in [5.74, 6) is 0.892. The maximum Gasteiger partial charge on any atom is 0.313 e. The van der Waals surface area contributed by atoms with Gasteiger partial charge in [-0.25, -0.2) is 0 Å². The SMILES string of the molecule is CC(C)c1cccc(Cl)c1Oc1ccc(Cl)[n+]([O-])n1. The van der Waals surface area contributed by atoms with Crippen molar-refractivity contribution in [2.45, 2.75) is 19.8 Å². The normalized spacial score (nSPS) is 10.8. The van der Waals surface area contributed by atoms with Crippen LogP contribution in [0.25, 0.3) is 0 Å². The van der Waals surface area contributed by atoms with E-state index in [4.69, 9.17) is 27.9 Å². The Morgan fingerprint density at radius 2 is 1.95 bits per heavy atom. The molecule has 1 aromatic heterocycles. The maximum absolute atomic E-state index is 11.3. The molecule has 0 saturated carbocycles. The number of ether oxygens (including phenoxy) is 1. The summed E-state index contributed by atoms with van der Waals surface area (Å²) in [6, 6.07) is 8.44. The van der Waals surface area contributed by atoms with Crippen LogP contribution in [0.1, 0.15) is 25.3 Å². The van der Waals surface area contributed by atoms with E-state index < -0.39 is 0 Å². The van der Waals surface area contributed by atoms with E-state index in [1.165, 1.54) is 12.1 Å². The number of hydrogen-bond donors (Lipinski definition) is 0. The van der Waals surface area contributed by atoms with Crippen LogP contribution in [0.3, 0.4) is 0 Å². The third-order valence-electron chi connectivity index (χ3n) is 2.56. The van der Waals surface area contributed by atoms with E-state index in [0.29, 0.717) is 15.6 Å². The van der Waals surface area contributed by atoms with Gasteiger partial charge in [0.2, 0.25) is 0 Å². The van der Waals surface area contributed by atoms with Crippen molar-refractivity contribution < 1.29 is 9.58 Å². The van der Waals surface area contributed by atoms with Gasteiger partial charge in [0.15, 0.2) is 5.75 Å².